The molecule has 0 radical (unpaired) electrons. The zero-order valence-corrected chi connectivity index (χ0v) is 14.3. The molecule has 1 unspecified atom stereocenters. The van der Waals surface area contributed by atoms with Gasteiger partial charge in [0.15, 0.2) is 5.75 Å². The molecular formula is C14H17F2N3O6S. The van der Waals surface area contributed by atoms with E-state index in [1.807, 2.05) is 0 Å². The monoisotopic (exact) mass is 393 g/mol. The lowest BCUT2D eigenvalue weighted by molar-refractivity contribution is -0.386. The third-order valence-electron chi connectivity index (χ3n) is 4.39. The zero-order chi connectivity index (χ0) is 19.1. The summed E-state index contributed by atoms with van der Waals surface area (Å²) in [6.45, 7) is 0.106. The summed E-state index contributed by atoms with van der Waals surface area (Å²) in [5.41, 5.74) is -0.597. The summed E-state index contributed by atoms with van der Waals surface area (Å²) in [4.78, 5) is 11.5. The Morgan fingerprint density at radius 1 is 1.42 bits per heavy atom. The van der Waals surface area contributed by atoms with E-state index in [1.165, 1.54) is 0 Å². The van der Waals surface area contributed by atoms with Crippen molar-refractivity contribution in [3.63, 3.8) is 0 Å². The molecule has 2 aliphatic heterocycles. The van der Waals surface area contributed by atoms with E-state index in [0.717, 1.165) is 18.2 Å². The lowest BCUT2D eigenvalue weighted by atomic mass is 10.1. The summed E-state index contributed by atoms with van der Waals surface area (Å²) < 4.78 is 60.6. The zero-order valence-electron chi connectivity index (χ0n) is 13.5. The van der Waals surface area contributed by atoms with Crippen LogP contribution in [0.1, 0.15) is 6.42 Å². The Balaban J connectivity index is 1.77. The first kappa shape index (κ1) is 18.9. The molecule has 0 aliphatic carbocycles. The van der Waals surface area contributed by atoms with Crippen LogP contribution in [-0.2, 0) is 14.8 Å². The number of benzene rings is 1. The average molecular weight is 393 g/mol. The minimum absolute atomic E-state index is 0.128. The molecule has 0 saturated carbocycles. The topological polar surface area (TPSA) is 125 Å². The second-order valence-electron chi connectivity index (χ2n) is 6.32. The van der Waals surface area contributed by atoms with Crippen LogP contribution in [0.5, 0.6) is 5.75 Å². The molecule has 2 fully saturated rings. The molecule has 0 aromatic heterocycles. The van der Waals surface area contributed by atoms with E-state index < -0.39 is 50.5 Å². The molecule has 26 heavy (non-hydrogen) atoms. The van der Waals surface area contributed by atoms with Crippen LogP contribution in [0.25, 0.3) is 0 Å². The summed E-state index contributed by atoms with van der Waals surface area (Å²) in [7, 11) is -4.12. The van der Waals surface area contributed by atoms with Gasteiger partial charge < -0.3 is 9.47 Å². The van der Waals surface area contributed by atoms with Gasteiger partial charge in [-0.05, 0) is 12.1 Å². The van der Waals surface area contributed by atoms with Crippen molar-refractivity contribution in [3.05, 3.63) is 28.3 Å². The molecule has 2 N–H and O–H groups in total. The molecule has 3 rings (SSSR count). The maximum Gasteiger partial charge on any atom is 0.312 e. The van der Waals surface area contributed by atoms with Crippen molar-refractivity contribution in [2.24, 2.45) is 5.14 Å². The Labute approximate surface area is 147 Å². The average Bonchev–Trinajstić information content (AvgIpc) is 2.76. The van der Waals surface area contributed by atoms with Gasteiger partial charge in [0, 0.05) is 12.5 Å². The van der Waals surface area contributed by atoms with Crippen molar-refractivity contribution >= 4 is 15.7 Å². The Morgan fingerprint density at radius 2 is 2.12 bits per heavy atom. The largest absolute Gasteiger partial charge is 0.485 e. The van der Waals surface area contributed by atoms with Gasteiger partial charge in [0.1, 0.15) is 6.61 Å². The summed E-state index contributed by atoms with van der Waals surface area (Å²) in [5.74, 6) is -3.07. The number of halogens is 2. The molecule has 9 nitrogen and oxygen atoms in total. The van der Waals surface area contributed by atoms with Crippen molar-refractivity contribution in [1.29, 1.82) is 0 Å². The smallest absolute Gasteiger partial charge is 0.312 e. The van der Waals surface area contributed by atoms with Crippen LogP contribution in [0.4, 0.5) is 14.5 Å². The maximum atomic E-state index is 13.8. The molecule has 1 atom stereocenters. The molecule has 1 aromatic rings. The fourth-order valence-corrected chi connectivity index (χ4v) is 3.58. The molecule has 2 heterocycles. The molecule has 1 aromatic carbocycles. The quantitative estimate of drug-likeness (QED) is 0.558. The second kappa shape index (κ2) is 6.68. The minimum atomic E-state index is -4.12. The van der Waals surface area contributed by atoms with Crippen molar-refractivity contribution in [3.8, 4) is 5.75 Å². The normalized spacial score (nSPS) is 23.6. The van der Waals surface area contributed by atoms with Crippen LogP contribution in [0, 0.1) is 10.1 Å². The van der Waals surface area contributed by atoms with E-state index in [4.69, 9.17) is 14.6 Å². The standard InChI is InChI=1S/C14H17F2N3O6S/c15-14(16)4-9(18(8-14)10-5-24-6-10)7-25-13-2-1-11(26(17,22)23)3-12(13)19(20)21/h1-3,9-10H,4-8H2,(H2,17,22,23). The van der Waals surface area contributed by atoms with Crippen LogP contribution >= 0.6 is 0 Å². The third-order valence-corrected chi connectivity index (χ3v) is 5.30. The molecular weight excluding hydrogens is 376 g/mol. The number of ether oxygens (including phenoxy) is 2. The lowest BCUT2D eigenvalue weighted by Crippen LogP contribution is -2.52. The van der Waals surface area contributed by atoms with Crippen LogP contribution in [0.3, 0.4) is 0 Å². The van der Waals surface area contributed by atoms with Crippen molar-refractivity contribution in [2.45, 2.75) is 29.3 Å². The highest BCUT2D eigenvalue weighted by Gasteiger charge is 2.49. The number of likely N-dealkylation sites (tertiary alicyclic amines) is 1. The number of nitro groups is 1. The Morgan fingerprint density at radius 3 is 2.65 bits per heavy atom. The number of alkyl halides is 2. The van der Waals surface area contributed by atoms with Crippen molar-refractivity contribution < 1.29 is 31.6 Å². The number of hydrogen-bond donors (Lipinski definition) is 1. The summed E-state index contributed by atoms with van der Waals surface area (Å²) in [6, 6.07) is 2.19. The van der Waals surface area contributed by atoms with Gasteiger partial charge in [-0.15, -0.1) is 0 Å². The number of nitrogens with two attached hydrogens (primary N) is 1. The van der Waals surface area contributed by atoms with Crippen molar-refractivity contribution in [2.75, 3.05) is 26.4 Å². The second-order valence-corrected chi connectivity index (χ2v) is 7.88. The highest BCUT2D eigenvalue weighted by molar-refractivity contribution is 7.89. The predicted molar refractivity (Wildman–Crippen MR) is 84.6 cm³/mol. The SMILES string of the molecule is NS(=O)(=O)c1ccc(OCC2CC(F)(F)CN2C2COC2)c([N+](=O)[O-])c1. The third kappa shape index (κ3) is 3.92. The molecule has 12 heteroatoms. The highest BCUT2D eigenvalue weighted by atomic mass is 32.2. The summed E-state index contributed by atoms with van der Waals surface area (Å²) in [5, 5.41) is 16.1. The number of primary sulfonamides is 1. The van der Waals surface area contributed by atoms with E-state index in [9.17, 15) is 27.3 Å². The van der Waals surface area contributed by atoms with E-state index in [0.29, 0.717) is 13.2 Å². The van der Waals surface area contributed by atoms with Gasteiger partial charge in [0.2, 0.25) is 10.0 Å². The molecule has 2 aliphatic rings. The summed E-state index contributed by atoms with van der Waals surface area (Å²) in [6.07, 6.45) is -0.424. The summed E-state index contributed by atoms with van der Waals surface area (Å²) >= 11 is 0. The van der Waals surface area contributed by atoms with Gasteiger partial charge in [-0.2, -0.15) is 0 Å². The molecule has 0 spiro atoms. The van der Waals surface area contributed by atoms with Crippen LogP contribution in [-0.4, -0.2) is 62.6 Å². The van der Waals surface area contributed by atoms with Gasteiger partial charge in [-0.1, -0.05) is 0 Å². The maximum absolute atomic E-state index is 13.8. The fourth-order valence-electron chi connectivity index (χ4n) is 3.04. The predicted octanol–water partition coefficient (Wildman–Crippen LogP) is 0.729. The van der Waals surface area contributed by atoms with E-state index >= 15 is 0 Å². The van der Waals surface area contributed by atoms with Gasteiger partial charge >= 0.3 is 5.69 Å². The van der Waals surface area contributed by atoms with E-state index in [-0.39, 0.29) is 18.4 Å². The lowest BCUT2D eigenvalue weighted by Gasteiger charge is -2.37. The Kier molecular flexibility index (Phi) is 4.86. The van der Waals surface area contributed by atoms with Crippen LogP contribution in [0.15, 0.2) is 23.1 Å². The molecule has 0 amide bonds. The number of nitro benzene ring substituents is 1. The molecule has 0 bridgehead atoms. The number of sulfonamides is 1. The van der Waals surface area contributed by atoms with Crippen LogP contribution in [0.2, 0.25) is 0 Å². The molecule has 144 valence electrons. The highest BCUT2D eigenvalue weighted by Crippen LogP contribution is 2.36. The van der Waals surface area contributed by atoms with Gasteiger partial charge in [0.05, 0.1) is 41.7 Å². The van der Waals surface area contributed by atoms with Gasteiger partial charge in [0.25, 0.3) is 5.92 Å². The number of nitrogens with zero attached hydrogens (tertiary/aromatic N) is 2. The number of rotatable bonds is 6. The number of hydrogen-bond acceptors (Lipinski definition) is 7. The molecule has 2 saturated heterocycles. The van der Waals surface area contributed by atoms with Crippen LogP contribution < -0.4 is 9.88 Å². The van der Waals surface area contributed by atoms with E-state index in [1.54, 1.807) is 4.90 Å². The Hall–Kier alpha value is -1.89. The first-order valence-electron chi connectivity index (χ1n) is 7.72. The Bertz CT molecular complexity index is 815. The first-order chi connectivity index (χ1) is 12.1. The van der Waals surface area contributed by atoms with Crippen molar-refractivity contribution in [1.82, 2.24) is 4.90 Å². The minimum Gasteiger partial charge on any atom is -0.485 e. The first-order valence-corrected chi connectivity index (χ1v) is 9.27. The van der Waals surface area contributed by atoms with Gasteiger partial charge in [-0.25, -0.2) is 22.3 Å². The fraction of sp³-hybridized carbons (Fsp3) is 0.571. The van der Waals surface area contributed by atoms with E-state index in [2.05, 4.69) is 0 Å². The van der Waals surface area contributed by atoms with Gasteiger partial charge in [-0.3, -0.25) is 15.0 Å².